The van der Waals surface area contributed by atoms with Crippen molar-refractivity contribution in [2.45, 2.75) is 39.2 Å². The molecule has 2 aromatic heterocycles. The van der Waals surface area contributed by atoms with Crippen LogP contribution < -0.4 is 10.1 Å². The SMILES string of the molecule is Cc1nc(C(C)(C)NC(=O)c2ccc(Cl)c(OCC3CC3)n2)no1. The molecule has 0 atom stereocenters. The first-order valence-electron chi connectivity index (χ1n) is 7.78. The Labute approximate surface area is 144 Å². The monoisotopic (exact) mass is 350 g/mol. The van der Waals surface area contributed by atoms with Crippen molar-refractivity contribution in [3.8, 4) is 5.88 Å². The Kier molecular flexibility index (Phi) is 4.45. The van der Waals surface area contributed by atoms with Crippen molar-refractivity contribution >= 4 is 17.5 Å². The van der Waals surface area contributed by atoms with Gasteiger partial charge < -0.3 is 14.6 Å². The smallest absolute Gasteiger partial charge is 0.270 e. The highest BCUT2D eigenvalue weighted by Crippen LogP contribution is 2.31. The molecule has 8 heteroatoms. The Morgan fingerprint density at radius 3 is 2.79 bits per heavy atom. The average Bonchev–Trinajstić information content (AvgIpc) is 3.24. The van der Waals surface area contributed by atoms with Crippen LogP contribution in [-0.4, -0.2) is 27.6 Å². The van der Waals surface area contributed by atoms with Gasteiger partial charge in [0, 0.05) is 6.92 Å². The molecule has 1 saturated carbocycles. The summed E-state index contributed by atoms with van der Waals surface area (Å²) in [6, 6.07) is 3.16. The summed E-state index contributed by atoms with van der Waals surface area (Å²) in [5, 5.41) is 7.08. The molecule has 0 unspecified atom stereocenters. The van der Waals surface area contributed by atoms with Crippen molar-refractivity contribution in [3.05, 3.63) is 34.6 Å². The number of nitrogens with zero attached hydrogens (tertiary/aromatic N) is 3. The van der Waals surface area contributed by atoms with E-state index in [0.717, 1.165) is 12.8 Å². The molecule has 3 rings (SSSR count). The summed E-state index contributed by atoms with van der Waals surface area (Å²) in [6.45, 7) is 5.84. The Morgan fingerprint density at radius 1 is 1.42 bits per heavy atom. The number of amides is 1. The lowest BCUT2D eigenvalue weighted by molar-refractivity contribution is 0.0901. The van der Waals surface area contributed by atoms with E-state index >= 15 is 0 Å². The van der Waals surface area contributed by atoms with Gasteiger partial charge in [0.05, 0.1) is 12.1 Å². The summed E-state index contributed by atoms with van der Waals surface area (Å²) in [5.41, 5.74) is -0.580. The maximum Gasteiger partial charge on any atom is 0.270 e. The second kappa shape index (κ2) is 6.39. The summed E-state index contributed by atoms with van der Waals surface area (Å²) < 4.78 is 10.6. The molecule has 128 valence electrons. The highest BCUT2D eigenvalue weighted by molar-refractivity contribution is 6.31. The van der Waals surface area contributed by atoms with E-state index in [1.165, 1.54) is 0 Å². The van der Waals surface area contributed by atoms with Crippen LogP contribution in [0.2, 0.25) is 5.02 Å². The summed E-state index contributed by atoms with van der Waals surface area (Å²) in [4.78, 5) is 20.9. The van der Waals surface area contributed by atoms with Crippen molar-refractivity contribution in [1.82, 2.24) is 20.4 Å². The van der Waals surface area contributed by atoms with Gasteiger partial charge in [-0.15, -0.1) is 0 Å². The third-order valence-electron chi connectivity index (χ3n) is 3.71. The number of aryl methyl sites for hydroxylation is 1. The van der Waals surface area contributed by atoms with Crippen LogP contribution in [0.3, 0.4) is 0 Å². The zero-order chi connectivity index (χ0) is 17.3. The molecule has 1 fully saturated rings. The summed E-state index contributed by atoms with van der Waals surface area (Å²) >= 11 is 6.08. The van der Waals surface area contributed by atoms with Crippen molar-refractivity contribution in [2.24, 2.45) is 5.92 Å². The van der Waals surface area contributed by atoms with Gasteiger partial charge in [-0.25, -0.2) is 4.98 Å². The van der Waals surface area contributed by atoms with E-state index in [2.05, 4.69) is 20.4 Å². The standard InChI is InChI=1S/C16H19ClN4O3/c1-9-18-15(21-24-9)16(2,3)20-13(22)12-7-6-11(17)14(19-12)23-8-10-4-5-10/h6-7,10H,4-5,8H2,1-3H3,(H,20,22). The van der Waals surface area contributed by atoms with Crippen LogP contribution >= 0.6 is 11.6 Å². The summed E-state index contributed by atoms with van der Waals surface area (Å²) in [7, 11) is 0. The third kappa shape index (κ3) is 3.84. The number of hydrogen-bond acceptors (Lipinski definition) is 6. The quantitative estimate of drug-likeness (QED) is 0.861. The van der Waals surface area contributed by atoms with E-state index < -0.39 is 5.54 Å². The maximum atomic E-state index is 12.5. The fraction of sp³-hybridized carbons (Fsp3) is 0.500. The van der Waals surface area contributed by atoms with Gasteiger partial charge in [-0.1, -0.05) is 16.8 Å². The lowest BCUT2D eigenvalue weighted by Crippen LogP contribution is -2.42. The van der Waals surface area contributed by atoms with Crippen LogP contribution in [0.4, 0.5) is 0 Å². The van der Waals surface area contributed by atoms with Gasteiger partial charge in [-0.2, -0.15) is 4.98 Å². The number of hydrogen-bond donors (Lipinski definition) is 1. The second-order valence-electron chi connectivity index (χ2n) is 6.45. The molecule has 0 spiro atoms. The Morgan fingerprint density at radius 2 is 2.17 bits per heavy atom. The number of aromatic nitrogens is 3. The van der Waals surface area contributed by atoms with Crippen LogP contribution in [0.1, 0.15) is 48.9 Å². The van der Waals surface area contributed by atoms with Crippen LogP contribution in [0.5, 0.6) is 5.88 Å². The topological polar surface area (TPSA) is 90.1 Å². The third-order valence-corrected chi connectivity index (χ3v) is 4.00. The molecule has 2 aromatic rings. The first-order valence-corrected chi connectivity index (χ1v) is 8.15. The molecule has 1 aliphatic rings. The van der Waals surface area contributed by atoms with Crippen molar-refractivity contribution in [1.29, 1.82) is 0 Å². The van der Waals surface area contributed by atoms with E-state index in [1.807, 2.05) is 0 Å². The van der Waals surface area contributed by atoms with Gasteiger partial charge in [0.1, 0.15) is 10.7 Å². The highest BCUT2D eigenvalue weighted by atomic mass is 35.5. The van der Waals surface area contributed by atoms with E-state index in [4.69, 9.17) is 20.9 Å². The minimum atomic E-state index is -0.800. The van der Waals surface area contributed by atoms with Crippen molar-refractivity contribution in [2.75, 3.05) is 6.61 Å². The Balaban J connectivity index is 1.72. The normalized spacial score (nSPS) is 14.5. The number of nitrogens with one attached hydrogen (secondary N) is 1. The lowest BCUT2D eigenvalue weighted by Gasteiger charge is -2.22. The number of carbonyl (C=O) groups is 1. The molecule has 0 radical (unpaired) electrons. The van der Waals surface area contributed by atoms with Gasteiger partial charge in [-0.05, 0) is 44.7 Å². The fourth-order valence-electron chi connectivity index (χ4n) is 2.09. The molecule has 1 N–H and O–H groups in total. The van der Waals surface area contributed by atoms with Crippen LogP contribution in [0, 0.1) is 12.8 Å². The van der Waals surface area contributed by atoms with Gasteiger partial charge in [-0.3, -0.25) is 4.79 Å². The molecule has 7 nitrogen and oxygen atoms in total. The summed E-state index contributed by atoms with van der Waals surface area (Å²) in [6.07, 6.45) is 2.33. The number of halogens is 1. The second-order valence-corrected chi connectivity index (χ2v) is 6.86. The minimum absolute atomic E-state index is 0.221. The van der Waals surface area contributed by atoms with Gasteiger partial charge in [0.2, 0.25) is 11.8 Å². The lowest BCUT2D eigenvalue weighted by atomic mass is 10.0. The first-order chi connectivity index (χ1) is 11.3. The molecule has 0 aliphatic heterocycles. The molecule has 1 amide bonds. The number of ether oxygens (including phenoxy) is 1. The Bertz CT molecular complexity index is 756. The van der Waals surface area contributed by atoms with Crippen LogP contribution in [0.15, 0.2) is 16.7 Å². The van der Waals surface area contributed by atoms with E-state index in [9.17, 15) is 4.79 Å². The molecule has 0 saturated heterocycles. The number of rotatable bonds is 6. The predicted octanol–water partition coefficient (Wildman–Crippen LogP) is 2.88. The Hall–Kier alpha value is -2.15. The van der Waals surface area contributed by atoms with Crippen molar-refractivity contribution < 1.29 is 14.1 Å². The van der Waals surface area contributed by atoms with Crippen LogP contribution in [-0.2, 0) is 5.54 Å². The number of pyridine rings is 1. The van der Waals surface area contributed by atoms with E-state index in [0.29, 0.717) is 29.3 Å². The molecule has 0 aromatic carbocycles. The molecule has 2 heterocycles. The minimum Gasteiger partial charge on any atom is -0.476 e. The van der Waals surface area contributed by atoms with E-state index in [-0.39, 0.29) is 17.5 Å². The largest absolute Gasteiger partial charge is 0.476 e. The highest BCUT2D eigenvalue weighted by Gasteiger charge is 2.29. The molecule has 1 aliphatic carbocycles. The molecular formula is C16H19ClN4O3. The fourth-order valence-corrected chi connectivity index (χ4v) is 2.25. The zero-order valence-electron chi connectivity index (χ0n) is 13.8. The van der Waals surface area contributed by atoms with E-state index in [1.54, 1.807) is 32.9 Å². The van der Waals surface area contributed by atoms with Gasteiger partial charge in [0.25, 0.3) is 5.91 Å². The first kappa shape index (κ1) is 16.7. The van der Waals surface area contributed by atoms with Gasteiger partial charge in [0.15, 0.2) is 5.82 Å². The summed E-state index contributed by atoms with van der Waals surface area (Å²) in [5.74, 6) is 1.32. The molecular weight excluding hydrogens is 332 g/mol. The van der Waals surface area contributed by atoms with Crippen LogP contribution in [0.25, 0.3) is 0 Å². The predicted molar refractivity (Wildman–Crippen MR) is 87.0 cm³/mol. The van der Waals surface area contributed by atoms with Crippen molar-refractivity contribution in [3.63, 3.8) is 0 Å². The maximum absolute atomic E-state index is 12.5. The molecule has 24 heavy (non-hydrogen) atoms. The zero-order valence-corrected chi connectivity index (χ0v) is 14.6. The average molecular weight is 351 g/mol. The molecule has 0 bridgehead atoms. The number of carbonyl (C=O) groups excluding carboxylic acids is 1. The van der Waals surface area contributed by atoms with Gasteiger partial charge >= 0.3 is 0 Å².